The van der Waals surface area contributed by atoms with Gasteiger partial charge < -0.3 is 20.7 Å². The zero-order valence-corrected chi connectivity index (χ0v) is 15.6. The van der Waals surface area contributed by atoms with Gasteiger partial charge in [0.25, 0.3) is 0 Å². The van der Waals surface area contributed by atoms with Crippen LogP contribution in [0.25, 0.3) is 0 Å². The molecule has 1 aromatic carbocycles. The lowest BCUT2D eigenvalue weighted by Gasteiger charge is -2.31. The molecule has 8 heteroatoms. The number of nitrogens with one attached hydrogen (secondary N) is 1. The first-order valence-electron chi connectivity index (χ1n) is 8.46. The molecule has 0 unspecified atom stereocenters. The number of hydrogen-bond acceptors (Lipinski definition) is 6. The van der Waals surface area contributed by atoms with Crippen molar-refractivity contribution in [3.8, 4) is 0 Å². The molecule has 1 atom stereocenters. The average molecular weight is 376 g/mol. The first-order chi connectivity index (χ1) is 12.4. The van der Waals surface area contributed by atoms with Crippen LogP contribution >= 0.6 is 11.6 Å². The monoisotopic (exact) mass is 375 g/mol. The van der Waals surface area contributed by atoms with Crippen LogP contribution in [0.4, 0.5) is 17.5 Å². The van der Waals surface area contributed by atoms with Crippen molar-refractivity contribution in [3.63, 3.8) is 0 Å². The van der Waals surface area contributed by atoms with Crippen LogP contribution in [0.2, 0.25) is 5.02 Å². The number of halogens is 1. The number of benzene rings is 1. The molecule has 0 saturated carbocycles. The van der Waals surface area contributed by atoms with Crippen molar-refractivity contribution in [1.29, 1.82) is 0 Å². The maximum atomic E-state index is 11.4. The number of nitrogens with zero attached hydrogens (tertiary/aromatic N) is 3. The standard InChI is InChI=1S/C18H22ClN5O2/c1-11-8-17(23-18(20)21-11)24-6-3-7-26-10-16(24)14-9-13(22-12(2)25)4-5-15(14)19/h4-5,8-9,16H,3,6-7,10H2,1-2H3,(H,22,25)(H2,20,21,23)/t16-/m1/s1. The van der Waals surface area contributed by atoms with E-state index in [9.17, 15) is 4.79 Å². The van der Waals surface area contributed by atoms with Gasteiger partial charge in [-0.25, -0.2) is 4.98 Å². The summed E-state index contributed by atoms with van der Waals surface area (Å²) in [6, 6.07) is 7.20. The highest BCUT2D eigenvalue weighted by atomic mass is 35.5. The Kier molecular flexibility index (Phi) is 5.58. The Morgan fingerprint density at radius 3 is 2.92 bits per heavy atom. The number of hydrogen-bond donors (Lipinski definition) is 2. The van der Waals surface area contributed by atoms with Crippen molar-refractivity contribution in [1.82, 2.24) is 9.97 Å². The topological polar surface area (TPSA) is 93.4 Å². The van der Waals surface area contributed by atoms with Gasteiger partial charge in [0.15, 0.2) is 0 Å². The van der Waals surface area contributed by atoms with Gasteiger partial charge >= 0.3 is 0 Å². The molecular formula is C18H22ClN5O2. The zero-order chi connectivity index (χ0) is 18.7. The predicted octanol–water partition coefficient (Wildman–Crippen LogP) is 2.95. The SMILES string of the molecule is CC(=O)Nc1ccc(Cl)c([C@H]2COCCCN2c2cc(C)nc(N)n2)c1. The van der Waals surface area contributed by atoms with Gasteiger partial charge in [0.05, 0.1) is 12.6 Å². The maximum Gasteiger partial charge on any atom is 0.222 e. The lowest BCUT2D eigenvalue weighted by Crippen LogP contribution is -2.32. The second-order valence-electron chi connectivity index (χ2n) is 6.28. The van der Waals surface area contributed by atoms with E-state index >= 15 is 0 Å². The molecule has 2 aromatic rings. The van der Waals surface area contributed by atoms with Gasteiger partial charge in [-0.2, -0.15) is 4.98 Å². The second kappa shape index (κ2) is 7.88. The minimum absolute atomic E-state index is 0.133. The number of nitrogens with two attached hydrogens (primary N) is 1. The number of carbonyl (C=O) groups excluding carboxylic acids is 1. The van der Waals surface area contributed by atoms with E-state index in [0.29, 0.717) is 23.9 Å². The lowest BCUT2D eigenvalue weighted by atomic mass is 10.0. The van der Waals surface area contributed by atoms with Crippen LogP contribution in [0.1, 0.15) is 30.6 Å². The fraction of sp³-hybridized carbons (Fsp3) is 0.389. The number of amides is 1. The molecule has 3 N–H and O–H groups in total. The summed E-state index contributed by atoms with van der Waals surface area (Å²) >= 11 is 6.48. The van der Waals surface area contributed by atoms with Crippen molar-refractivity contribution in [2.24, 2.45) is 0 Å². The Hall–Kier alpha value is -2.38. The van der Waals surface area contributed by atoms with Crippen molar-refractivity contribution >= 4 is 35.0 Å². The molecule has 138 valence electrons. The number of anilines is 3. The molecular weight excluding hydrogens is 354 g/mol. The van der Waals surface area contributed by atoms with Gasteiger partial charge in [0.1, 0.15) is 5.82 Å². The predicted molar refractivity (Wildman–Crippen MR) is 102 cm³/mol. The number of carbonyl (C=O) groups is 1. The van der Waals surface area contributed by atoms with Crippen molar-refractivity contribution in [2.45, 2.75) is 26.3 Å². The van der Waals surface area contributed by atoms with Gasteiger partial charge in [0.2, 0.25) is 11.9 Å². The van der Waals surface area contributed by atoms with Crippen molar-refractivity contribution in [3.05, 3.63) is 40.5 Å². The highest BCUT2D eigenvalue weighted by Crippen LogP contribution is 2.34. The molecule has 0 spiro atoms. The largest absolute Gasteiger partial charge is 0.379 e. The highest BCUT2D eigenvalue weighted by Gasteiger charge is 2.27. The third-order valence-corrected chi connectivity index (χ3v) is 4.51. The number of nitrogen functional groups attached to an aromatic ring is 1. The van der Waals surface area contributed by atoms with Crippen molar-refractivity contribution < 1.29 is 9.53 Å². The van der Waals surface area contributed by atoms with Gasteiger partial charge in [-0.1, -0.05) is 11.6 Å². The Morgan fingerprint density at radius 1 is 1.38 bits per heavy atom. The van der Waals surface area contributed by atoms with Crippen LogP contribution < -0.4 is 16.0 Å². The summed E-state index contributed by atoms with van der Waals surface area (Å²) in [6.45, 7) is 5.24. The fourth-order valence-electron chi connectivity index (χ4n) is 3.11. The van der Waals surface area contributed by atoms with E-state index in [4.69, 9.17) is 22.1 Å². The van der Waals surface area contributed by atoms with Crippen LogP contribution in [-0.4, -0.2) is 35.6 Å². The molecule has 2 heterocycles. The van der Waals surface area contributed by atoms with Gasteiger partial charge in [-0.15, -0.1) is 0 Å². The second-order valence-corrected chi connectivity index (χ2v) is 6.69. The molecule has 1 aliphatic heterocycles. The zero-order valence-electron chi connectivity index (χ0n) is 14.8. The van der Waals surface area contributed by atoms with E-state index in [1.165, 1.54) is 6.92 Å². The first kappa shape index (κ1) is 18.4. The van der Waals surface area contributed by atoms with E-state index in [1.807, 2.05) is 19.1 Å². The number of aromatic nitrogens is 2. The van der Waals surface area contributed by atoms with E-state index in [-0.39, 0.29) is 17.9 Å². The summed E-state index contributed by atoms with van der Waals surface area (Å²) in [4.78, 5) is 22.1. The third kappa shape index (κ3) is 4.23. The van der Waals surface area contributed by atoms with E-state index in [2.05, 4.69) is 20.2 Å². The van der Waals surface area contributed by atoms with Crippen LogP contribution in [-0.2, 0) is 9.53 Å². The quantitative estimate of drug-likeness (QED) is 0.856. The summed E-state index contributed by atoms with van der Waals surface area (Å²) in [5.74, 6) is 0.847. The van der Waals surface area contributed by atoms with Gasteiger partial charge in [-0.05, 0) is 37.1 Å². The Bertz CT molecular complexity index is 794. The molecule has 1 fully saturated rings. The number of ether oxygens (including phenoxy) is 1. The molecule has 0 aliphatic carbocycles. The number of aryl methyl sites for hydroxylation is 1. The van der Waals surface area contributed by atoms with E-state index in [0.717, 1.165) is 30.0 Å². The summed E-state index contributed by atoms with van der Waals surface area (Å²) in [6.07, 6.45) is 0.864. The van der Waals surface area contributed by atoms with Crippen molar-refractivity contribution in [2.75, 3.05) is 35.7 Å². The maximum absolute atomic E-state index is 11.4. The average Bonchev–Trinajstić information content (AvgIpc) is 2.81. The number of rotatable bonds is 3. The van der Waals surface area contributed by atoms with Crippen LogP contribution in [0.5, 0.6) is 0 Å². The molecule has 7 nitrogen and oxygen atoms in total. The third-order valence-electron chi connectivity index (χ3n) is 4.17. The molecule has 1 aliphatic rings. The van der Waals surface area contributed by atoms with E-state index in [1.54, 1.807) is 12.1 Å². The Labute approximate surface area is 157 Å². The lowest BCUT2D eigenvalue weighted by molar-refractivity contribution is -0.114. The first-order valence-corrected chi connectivity index (χ1v) is 8.84. The minimum atomic E-state index is -0.146. The van der Waals surface area contributed by atoms with Crippen LogP contribution in [0.15, 0.2) is 24.3 Å². The molecule has 3 rings (SSSR count). The summed E-state index contributed by atoms with van der Waals surface area (Å²) < 4.78 is 5.79. The molecule has 0 bridgehead atoms. The summed E-state index contributed by atoms with van der Waals surface area (Å²) in [7, 11) is 0. The van der Waals surface area contributed by atoms with Gasteiger partial charge in [0, 0.05) is 42.5 Å². The molecule has 1 saturated heterocycles. The Balaban J connectivity index is 2.03. The van der Waals surface area contributed by atoms with Crippen LogP contribution in [0.3, 0.4) is 0 Å². The molecule has 1 amide bonds. The smallest absolute Gasteiger partial charge is 0.222 e. The fourth-order valence-corrected chi connectivity index (χ4v) is 3.35. The summed E-state index contributed by atoms with van der Waals surface area (Å²) in [5.41, 5.74) is 8.21. The minimum Gasteiger partial charge on any atom is -0.379 e. The van der Waals surface area contributed by atoms with E-state index < -0.39 is 0 Å². The summed E-state index contributed by atoms with van der Waals surface area (Å²) in [5, 5.41) is 3.41. The Morgan fingerprint density at radius 2 is 2.19 bits per heavy atom. The normalized spacial score (nSPS) is 17.7. The molecule has 1 aromatic heterocycles. The highest BCUT2D eigenvalue weighted by molar-refractivity contribution is 6.31. The molecule has 0 radical (unpaired) electrons. The molecule has 26 heavy (non-hydrogen) atoms. The van der Waals surface area contributed by atoms with Crippen LogP contribution in [0, 0.1) is 6.92 Å². The van der Waals surface area contributed by atoms with Gasteiger partial charge in [-0.3, -0.25) is 4.79 Å².